The Hall–Kier alpha value is -4.33. The van der Waals surface area contributed by atoms with E-state index in [1.54, 1.807) is 61.5 Å². The first-order valence-corrected chi connectivity index (χ1v) is 9.76. The van der Waals surface area contributed by atoms with Crippen LogP contribution in [0.2, 0.25) is 0 Å². The average molecular weight is 434 g/mol. The van der Waals surface area contributed by atoms with Crippen molar-refractivity contribution >= 4 is 35.4 Å². The summed E-state index contributed by atoms with van der Waals surface area (Å²) in [5.41, 5.74) is 6.31. The number of carbonyl (C=O) groups is 2. The second-order valence-corrected chi connectivity index (χ2v) is 6.56. The molecule has 0 saturated carbocycles. The minimum atomic E-state index is -0.824. The van der Waals surface area contributed by atoms with Gasteiger partial charge in [-0.05, 0) is 49.4 Å². The molecule has 32 heavy (non-hydrogen) atoms. The molecule has 3 N–H and O–H groups in total. The van der Waals surface area contributed by atoms with Crippen molar-refractivity contribution in [3.8, 4) is 5.75 Å². The fourth-order valence-electron chi connectivity index (χ4n) is 2.92. The van der Waals surface area contributed by atoms with E-state index in [4.69, 9.17) is 19.6 Å². The van der Waals surface area contributed by atoms with Crippen molar-refractivity contribution < 1.29 is 23.5 Å². The van der Waals surface area contributed by atoms with Gasteiger partial charge in [0.05, 0.1) is 13.7 Å². The van der Waals surface area contributed by atoms with Crippen molar-refractivity contribution in [2.45, 2.75) is 6.92 Å². The maximum atomic E-state index is 12.5. The number of ether oxygens (including phenoxy) is 2. The van der Waals surface area contributed by atoms with Gasteiger partial charge in [-0.1, -0.05) is 24.3 Å². The lowest BCUT2D eigenvalue weighted by Gasteiger charge is -2.10. The van der Waals surface area contributed by atoms with Gasteiger partial charge in [0.25, 0.3) is 5.91 Å². The monoisotopic (exact) mass is 434 g/mol. The number of amides is 1. The molecule has 8 nitrogen and oxygen atoms in total. The van der Waals surface area contributed by atoms with Crippen LogP contribution in [-0.4, -0.2) is 25.6 Å². The highest BCUT2D eigenvalue weighted by atomic mass is 16.5. The summed E-state index contributed by atoms with van der Waals surface area (Å²) in [5.74, 6) is -0.763. The molecular weight excluding hydrogens is 412 g/mol. The third-order valence-electron chi connectivity index (χ3n) is 4.48. The number of methoxy groups -OCH3 is 1. The minimum Gasteiger partial charge on any atom is -0.496 e. The molecule has 0 aliphatic rings. The van der Waals surface area contributed by atoms with Crippen LogP contribution < -0.4 is 21.4 Å². The Morgan fingerprint density at radius 2 is 1.84 bits per heavy atom. The van der Waals surface area contributed by atoms with Gasteiger partial charge in [-0.25, -0.2) is 9.59 Å². The molecule has 1 amide bonds. The van der Waals surface area contributed by atoms with Gasteiger partial charge in [-0.2, -0.15) is 0 Å². The second-order valence-electron chi connectivity index (χ2n) is 6.56. The average Bonchev–Trinajstić information content (AvgIpc) is 2.80. The molecule has 0 saturated heterocycles. The van der Waals surface area contributed by atoms with E-state index >= 15 is 0 Å². The largest absolute Gasteiger partial charge is 0.496 e. The number of hydrogen-bond acceptors (Lipinski definition) is 7. The molecular formula is C24H22N2O6. The predicted octanol–water partition coefficient (Wildman–Crippen LogP) is 3.83. The summed E-state index contributed by atoms with van der Waals surface area (Å²) in [7, 11) is 1.50. The molecule has 8 heteroatoms. The van der Waals surface area contributed by atoms with Crippen molar-refractivity contribution in [3.05, 3.63) is 87.5 Å². The van der Waals surface area contributed by atoms with Crippen LogP contribution in [0, 0.1) is 0 Å². The van der Waals surface area contributed by atoms with Crippen LogP contribution in [-0.2, 0) is 4.74 Å². The quantitative estimate of drug-likeness (QED) is 0.428. The molecule has 0 aliphatic heterocycles. The molecule has 0 atom stereocenters. The van der Waals surface area contributed by atoms with Crippen LogP contribution in [0.4, 0.5) is 11.4 Å². The zero-order chi connectivity index (χ0) is 23.1. The SMILES string of the molecule is CCOC(=O)c1cc(NC(=O)c2ccccc2)c(=O)oc1/C=C/c1c(N)cccc1OC. The third-order valence-corrected chi connectivity index (χ3v) is 4.48. The van der Waals surface area contributed by atoms with E-state index < -0.39 is 17.5 Å². The second kappa shape index (κ2) is 10.1. The molecule has 0 aliphatic carbocycles. The molecule has 3 rings (SSSR count). The summed E-state index contributed by atoms with van der Waals surface area (Å²) >= 11 is 0. The highest BCUT2D eigenvalue weighted by Crippen LogP contribution is 2.27. The van der Waals surface area contributed by atoms with E-state index in [9.17, 15) is 14.4 Å². The van der Waals surface area contributed by atoms with Crippen LogP contribution in [0.3, 0.4) is 0 Å². The Kier molecular flexibility index (Phi) is 7.07. The maximum Gasteiger partial charge on any atom is 0.360 e. The fourth-order valence-corrected chi connectivity index (χ4v) is 2.92. The number of nitrogens with two attached hydrogens (primary N) is 1. The van der Waals surface area contributed by atoms with Gasteiger partial charge in [0.1, 0.15) is 22.8 Å². The summed E-state index contributed by atoms with van der Waals surface area (Å²) in [6.45, 7) is 1.77. The zero-order valence-corrected chi connectivity index (χ0v) is 17.6. The lowest BCUT2D eigenvalue weighted by molar-refractivity contribution is 0.0522. The minimum absolute atomic E-state index is 0.0282. The Balaban J connectivity index is 2.01. The van der Waals surface area contributed by atoms with Gasteiger partial charge in [0, 0.05) is 16.8 Å². The van der Waals surface area contributed by atoms with Gasteiger partial charge in [0.15, 0.2) is 0 Å². The van der Waals surface area contributed by atoms with Crippen molar-refractivity contribution in [3.63, 3.8) is 0 Å². The molecule has 1 aromatic heterocycles. The number of carbonyl (C=O) groups excluding carboxylic acids is 2. The van der Waals surface area contributed by atoms with E-state index in [2.05, 4.69) is 5.32 Å². The Labute approximate surface area is 184 Å². The number of benzene rings is 2. The van der Waals surface area contributed by atoms with Crippen LogP contribution >= 0.6 is 0 Å². The molecule has 164 valence electrons. The van der Waals surface area contributed by atoms with E-state index in [0.29, 0.717) is 22.6 Å². The third kappa shape index (κ3) is 5.04. The number of nitrogen functional groups attached to an aromatic ring is 1. The molecule has 0 bridgehead atoms. The van der Waals surface area contributed by atoms with Crippen molar-refractivity contribution in [1.29, 1.82) is 0 Å². The summed E-state index contributed by atoms with van der Waals surface area (Å²) < 4.78 is 15.7. The normalized spacial score (nSPS) is 10.7. The van der Waals surface area contributed by atoms with Gasteiger partial charge in [-0.15, -0.1) is 0 Å². The summed E-state index contributed by atoms with van der Waals surface area (Å²) in [6, 6.07) is 14.7. The van der Waals surface area contributed by atoms with Crippen LogP contribution in [0.15, 0.2) is 63.8 Å². The van der Waals surface area contributed by atoms with E-state index in [-0.39, 0.29) is 23.6 Å². The van der Waals surface area contributed by atoms with Crippen LogP contribution in [0.1, 0.15) is 39.0 Å². The van der Waals surface area contributed by atoms with E-state index in [1.807, 2.05) is 0 Å². The van der Waals surface area contributed by atoms with E-state index in [1.165, 1.54) is 19.3 Å². The van der Waals surface area contributed by atoms with Crippen molar-refractivity contribution in [1.82, 2.24) is 0 Å². The van der Waals surface area contributed by atoms with Crippen LogP contribution in [0.5, 0.6) is 5.75 Å². The Morgan fingerprint density at radius 1 is 1.09 bits per heavy atom. The highest BCUT2D eigenvalue weighted by Gasteiger charge is 2.19. The van der Waals surface area contributed by atoms with Gasteiger partial charge < -0.3 is 24.9 Å². The van der Waals surface area contributed by atoms with E-state index in [0.717, 1.165) is 0 Å². The maximum absolute atomic E-state index is 12.5. The molecule has 2 aromatic carbocycles. The smallest absolute Gasteiger partial charge is 0.360 e. The topological polar surface area (TPSA) is 121 Å². The van der Waals surface area contributed by atoms with Crippen LogP contribution in [0.25, 0.3) is 12.2 Å². The lowest BCUT2D eigenvalue weighted by Crippen LogP contribution is -2.20. The number of esters is 1. The van der Waals surface area contributed by atoms with Crippen molar-refractivity contribution in [2.75, 3.05) is 24.8 Å². The zero-order valence-electron chi connectivity index (χ0n) is 17.6. The number of hydrogen-bond donors (Lipinski definition) is 2. The predicted molar refractivity (Wildman–Crippen MR) is 122 cm³/mol. The summed E-state index contributed by atoms with van der Waals surface area (Å²) in [5, 5.41) is 2.48. The summed E-state index contributed by atoms with van der Waals surface area (Å²) in [4.78, 5) is 37.5. The first kappa shape index (κ1) is 22.4. The van der Waals surface area contributed by atoms with Gasteiger partial charge >= 0.3 is 11.6 Å². The highest BCUT2D eigenvalue weighted by molar-refractivity contribution is 6.05. The number of nitrogens with one attached hydrogen (secondary N) is 1. The summed E-state index contributed by atoms with van der Waals surface area (Å²) in [6.07, 6.45) is 2.99. The first-order chi connectivity index (χ1) is 15.4. The number of anilines is 2. The molecule has 0 unspecified atom stereocenters. The Bertz CT molecular complexity index is 1210. The fraction of sp³-hybridized carbons (Fsp3) is 0.125. The van der Waals surface area contributed by atoms with Crippen molar-refractivity contribution in [2.24, 2.45) is 0 Å². The van der Waals surface area contributed by atoms with Gasteiger partial charge in [0.2, 0.25) is 0 Å². The molecule has 3 aromatic rings. The first-order valence-electron chi connectivity index (χ1n) is 9.76. The molecule has 0 spiro atoms. The molecule has 0 fully saturated rings. The van der Waals surface area contributed by atoms with Gasteiger partial charge in [-0.3, -0.25) is 4.79 Å². The Morgan fingerprint density at radius 3 is 2.53 bits per heavy atom. The lowest BCUT2D eigenvalue weighted by atomic mass is 10.1. The number of rotatable bonds is 7. The standard InChI is InChI=1S/C24H22N2O6/c1-3-31-23(28)17-14-19(26-22(27)15-8-5-4-6-9-15)24(29)32-21(17)13-12-16-18(25)10-7-11-20(16)30-2/h4-14H,3,25H2,1-2H3,(H,26,27)/b13-12+. The molecule has 0 radical (unpaired) electrons. The molecule has 1 heterocycles.